The molecule has 0 unspecified atom stereocenters. The van der Waals surface area contributed by atoms with Crippen molar-refractivity contribution in [1.82, 2.24) is 14.1 Å². The molecule has 0 amide bonds. The van der Waals surface area contributed by atoms with E-state index in [-0.39, 0.29) is 0 Å². The van der Waals surface area contributed by atoms with Crippen LogP contribution < -0.4 is 15.2 Å². The molecule has 0 aliphatic rings. The first-order valence-electron chi connectivity index (χ1n) is 11.2. The standard InChI is InChI=1S/C24H28N10/c1-4-34-16-15-27-23(34)30-28-21-9-5-19(6-10-21)25-13-14-26-20-7-11-22(12-8-20)29-31-24-32(2)17-18-33(24)3/h5-12,15-18H,4,13-14H2,1-3H3,(H,25,27,30)/p+1. The van der Waals surface area contributed by atoms with Gasteiger partial charge in [0, 0.05) is 48.5 Å². The van der Waals surface area contributed by atoms with Gasteiger partial charge in [-0.1, -0.05) is 5.11 Å². The van der Waals surface area contributed by atoms with Crippen LogP contribution in [-0.2, 0) is 20.6 Å². The molecule has 34 heavy (non-hydrogen) atoms. The van der Waals surface area contributed by atoms with Crippen LogP contribution in [0.2, 0.25) is 0 Å². The first-order chi connectivity index (χ1) is 16.6. The summed E-state index contributed by atoms with van der Waals surface area (Å²) in [6, 6.07) is 15.7. The molecule has 0 aliphatic carbocycles. The summed E-state index contributed by atoms with van der Waals surface area (Å²) in [5, 5.41) is 23.9. The largest absolute Gasteiger partial charge is 0.421 e. The van der Waals surface area contributed by atoms with Crippen LogP contribution in [0.5, 0.6) is 0 Å². The van der Waals surface area contributed by atoms with Crippen molar-refractivity contribution < 1.29 is 4.57 Å². The number of aromatic nitrogens is 4. The van der Waals surface area contributed by atoms with E-state index in [1.165, 1.54) is 0 Å². The Morgan fingerprint density at radius 2 is 1.41 bits per heavy atom. The van der Waals surface area contributed by atoms with Crippen molar-refractivity contribution in [3.63, 3.8) is 0 Å². The highest BCUT2D eigenvalue weighted by molar-refractivity contribution is 5.52. The monoisotopic (exact) mass is 457 g/mol. The van der Waals surface area contributed by atoms with E-state index in [1.54, 1.807) is 6.20 Å². The van der Waals surface area contributed by atoms with E-state index in [0.29, 0.717) is 5.95 Å². The van der Waals surface area contributed by atoms with E-state index in [0.717, 1.165) is 48.3 Å². The number of hydrogen-bond acceptors (Lipinski definition) is 7. The van der Waals surface area contributed by atoms with Crippen molar-refractivity contribution >= 4 is 34.6 Å². The number of aryl methyl sites for hydroxylation is 3. The molecule has 0 bridgehead atoms. The summed E-state index contributed by atoms with van der Waals surface area (Å²) in [6.45, 7) is 4.42. The van der Waals surface area contributed by atoms with Crippen LogP contribution in [0.1, 0.15) is 6.92 Å². The number of nitrogens with one attached hydrogen (secondary N) is 2. The molecule has 0 saturated heterocycles. The maximum Gasteiger partial charge on any atom is 0.421 e. The molecule has 4 aromatic rings. The third-order valence-corrected chi connectivity index (χ3v) is 5.21. The molecule has 2 N–H and O–H groups in total. The molecule has 10 heteroatoms. The van der Waals surface area contributed by atoms with Gasteiger partial charge in [0.25, 0.3) is 0 Å². The summed E-state index contributed by atoms with van der Waals surface area (Å²) in [4.78, 5) is 4.20. The van der Waals surface area contributed by atoms with E-state index in [9.17, 15) is 0 Å². The van der Waals surface area contributed by atoms with Gasteiger partial charge in [-0.3, -0.25) is 0 Å². The first kappa shape index (κ1) is 22.8. The van der Waals surface area contributed by atoms with Gasteiger partial charge < -0.3 is 15.2 Å². The fraction of sp³-hybridized carbons (Fsp3) is 0.250. The highest BCUT2D eigenvalue weighted by atomic mass is 15.3. The first-order valence-corrected chi connectivity index (χ1v) is 11.2. The molecule has 2 aromatic carbocycles. The number of rotatable bonds is 10. The Labute approximate surface area is 198 Å². The predicted octanol–water partition coefficient (Wildman–Crippen LogP) is 5.42. The van der Waals surface area contributed by atoms with Crippen LogP contribution in [0.4, 0.5) is 34.6 Å². The lowest BCUT2D eigenvalue weighted by atomic mass is 10.3. The van der Waals surface area contributed by atoms with E-state index in [2.05, 4.69) is 36.1 Å². The quantitative estimate of drug-likeness (QED) is 0.189. The summed E-state index contributed by atoms with van der Waals surface area (Å²) < 4.78 is 5.79. The van der Waals surface area contributed by atoms with Crippen molar-refractivity contribution in [3.8, 4) is 0 Å². The smallest absolute Gasteiger partial charge is 0.383 e. The molecule has 2 heterocycles. The second kappa shape index (κ2) is 11.0. The molecule has 0 fully saturated rings. The predicted molar refractivity (Wildman–Crippen MR) is 133 cm³/mol. The van der Waals surface area contributed by atoms with E-state index >= 15 is 0 Å². The van der Waals surface area contributed by atoms with Crippen molar-refractivity contribution in [2.45, 2.75) is 13.5 Å². The Balaban J connectivity index is 1.21. The topological polar surface area (TPSA) is 100 Å². The molecule has 0 saturated carbocycles. The SMILES string of the molecule is CCn1ccnc1/N=N/c1ccc(NCCNc2ccc(/N=N/c3n(C)cc[n+]3C)cc2)cc1. The third kappa shape index (κ3) is 5.91. The highest BCUT2D eigenvalue weighted by Crippen LogP contribution is 2.20. The molecule has 0 atom stereocenters. The minimum Gasteiger partial charge on any atom is -0.383 e. The minimum absolute atomic E-state index is 0.608. The molecule has 10 nitrogen and oxygen atoms in total. The van der Waals surface area contributed by atoms with Crippen molar-refractivity contribution in [3.05, 3.63) is 73.3 Å². The van der Waals surface area contributed by atoms with Gasteiger partial charge >= 0.3 is 5.95 Å². The lowest BCUT2D eigenvalue weighted by Gasteiger charge is -2.09. The fourth-order valence-electron chi connectivity index (χ4n) is 3.29. The number of azo groups is 2. The van der Waals surface area contributed by atoms with Crippen molar-refractivity contribution in [1.29, 1.82) is 0 Å². The molecule has 0 aliphatic heterocycles. The zero-order valence-electron chi connectivity index (χ0n) is 19.6. The van der Waals surface area contributed by atoms with Crippen LogP contribution in [0.15, 0.2) is 93.8 Å². The summed E-state index contributed by atoms with van der Waals surface area (Å²) in [6.07, 6.45) is 7.50. The van der Waals surface area contributed by atoms with Crippen LogP contribution >= 0.6 is 0 Å². The van der Waals surface area contributed by atoms with Gasteiger partial charge in [-0.05, 0) is 55.5 Å². The van der Waals surface area contributed by atoms with Crippen LogP contribution in [-0.4, -0.2) is 27.2 Å². The van der Waals surface area contributed by atoms with Crippen LogP contribution in [0.25, 0.3) is 0 Å². The van der Waals surface area contributed by atoms with Gasteiger partial charge in [0.1, 0.15) is 5.69 Å². The molecule has 174 valence electrons. The van der Waals surface area contributed by atoms with Crippen LogP contribution in [0, 0.1) is 0 Å². The van der Waals surface area contributed by atoms with Gasteiger partial charge in [-0.2, -0.15) is 0 Å². The second-order valence-electron chi connectivity index (χ2n) is 7.68. The zero-order chi connectivity index (χ0) is 23.8. The summed E-state index contributed by atoms with van der Waals surface area (Å²) >= 11 is 0. The summed E-state index contributed by atoms with van der Waals surface area (Å²) in [5.74, 6) is 1.39. The van der Waals surface area contributed by atoms with E-state index in [1.807, 2.05) is 102 Å². The van der Waals surface area contributed by atoms with Gasteiger partial charge in [-0.25, -0.2) is 14.1 Å². The molecular weight excluding hydrogens is 428 g/mol. The van der Waals surface area contributed by atoms with Gasteiger partial charge in [0.15, 0.2) is 0 Å². The Bertz CT molecular complexity index is 1230. The number of hydrogen-bond donors (Lipinski definition) is 2. The average molecular weight is 458 g/mol. The maximum absolute atomic E-state index is 4.32. The second-order valence-corrected chi connectivity index (χ2v) is 7.68. The van der Waals surface area contributed by atoms with Crippen LogP contribution in [0.3, 0.4) is 0 Å². The number of benzene rings is 2. The van der Waals surface area contributed by atoms with Gasteiger partial charge in [-0.15, -0.1) is 10.2 Å². The highest BCUT2D eigenvalue weighted by Gasteiger charge is 2.10. The molecule has 0 radical (unpaired) electrons. The normalized spacial score (nSPS) is 11.5. The van der Waals surface area contributed by atoms with Gasteiger partial charge in [0.05, 0.1) is 32.2 Å². The Morgan fingerprint density at radius 3 is 1.94 bits per heavy atom. The van der Waals surface area contributed by atoms with E-state index < -0.39 is 0 Å². The lowest BCUT2D eigenvalue weighted by Crippen LogP contribution is -2.25. The molecular formula is C24H29N10+. The Kier molecular flexibility index (Phi) is 7.39. The average Bonchev–Trinajstić information content (AvgIpc) is 3.46. The molecule has 2 aromatic heterocycles. The number of nitrogens with zero attached hydrogens (tertiary/aromatic N) is 8. The lowest BCUT2D eigenvalue weighted by molar-refractivity contribution is -0.657. The van der Waals surface area contributed by atoms with Gasteiger partial charge in [0.2, 0.25) is 5.95 Å². The molecule has 4 rings (SSSR count). The third-order valence-electron chi connectivity index (χ3n) is 5.21. The Morgan fingerprint density at radius 1 is 0.824 bits per heavy atom. The van der Waals surface area contributed by atoms with Crippen molar-refractivity contribution in [2.75, 3.05) is 23.7 Å². The zero-order valence-corrected chi connectivity index (χ0v) is 19.6. The number of imidazole rings is 2. The summed E-state index contributed by atoms with van der Waals surface area (Å²) in [7, 11) is 3.89. The fourth-order valence-corrected chi connectivity index (χ4v) is 3.29. The minimum atomic E-state index is 0.608. The maximum atomic E-state index is 4.32. The number of anilines is 2. The Hall–Kier alpha value is -4.34. The summed E-state index contributed by atoms with van der Waals surface area (Å²) in [5.41, 5.74) is 3.65. The van der Waals surface area contributed by atoms with E-state index in [4.69, 9.17) is 0 Å². The molecule has 0 spiro atoms. The van der Waals surface area contributed by atoms with Crippen molar-refractivity contribution in [2.24, 2.45) is 34.6 Å².